The van der Waals surface area contributed by atoms with Gasteiger partial charge in [-0.1, -0.05) is 70.2 Å². The third-order valence-corrected chi connectivity index (χ3v) is 4.30. The zero-order valence-corrected chi connectivity index (χ0v) is 13.8. The van der Waals surface area contributed by atoms with Crippen LogP contribution in [0, 0.1) is 11.3 Å². The predicted molar refractivity (Wildman–Crippen MR) is 88.6 cm³/mol. The maximum Gasteiger partial charge on any atom is 0.0802 e. The molecule has 0 aliphatic carbocycles. The summed E-state index contributed by atoms with van der Waals surface area (Å²) in [7, 11) is 2.11. The van der Waals surface area contributed by atoms with E-state index in [1.807, 2.05) is 0 Å². The first-order chi connectivity index (χ1) is 8.82. The summed E-state index contributed by atoms with van der Waals surface area (Å²) in [5.41, 5.74) is 1.73. The average Bonchev–Trinajstić information content (AvgIpc) is 2.35. The Labute approximate surface area is 124 Å². The third kappa shape index (κ3) is 5.73. The molecule has 106 valence electrons. The summed E-state index contributed by atoms with van der Waals surface area (Å²) in [5.74, 6) is 0.456. The number of thiocarbonyl (C=S) groups is 1. The lowest BCUT2D eigenvalue weighted by Gasteiger charge is -2.30. The SMILES string of the molecule is CC(C)C(=S)N(C)CCC(C)(C)Cc1ccccc1. The first-order valence-corrected chi connectivity index (χ1v) is 7.51. The van der Waals surface area contributed by atoms with Crippen LogP contribution in [0.25, 0.3) is 0 Å². The van der Waals surface area contributed by atoms with Gasteiger partial charge in [-0.3, -0.25) is 0 Å². The monoisotopic (exact) mass is 277 g/mol. The zero-order chi connectivity index (χ0) is 14.5. The van der Waals surface area contributed by atoms with Gasteiger partial charge >= 0.3 is 0 Å². The summed E-state index contributed by atoms with van der Waals surface area (Å²) in [4.78, 5) is 3.29. The molecule has 0 amide bonds. The van der Waals surface area contributed by atoms with Crippen LogP contribution in [0.5, 0.6) is 0 Å². The minimum Gasteiger partial charge on any atom is -0.369 e. The minimum absolute atomic E-state index is 0.308. The molecule has 2 heteroatoms. The molecule has 0 fully saturated rings. The molecule has 1 aromatic carbocycles. The fourth-order valence-corrected chi connectivity index (χ4v) is 2.35. The number of hydrogen-bond acceptors (Lipinski definition) is 1. The van der Waals surface area contributed by atoms with E-state index in [4.69, 9.17) is 12.2 Å². The lowest BCUT2D eigenvalue weighted by molar-refractivity contribution is 0.295. The highest BCUT2D eigenvalue weighted by Gasteiger charge is 2.20. The Morgan fingerprint density at radius 1 is 1.21 bits per heavy atom. The highest BCUT2D eigenvalue weighted by atomic mass is 32.1. The van der Waals surface area contributed by atoms with E-state index in [0.717, 1.165) is 24.4 Å². The molecule has 0 N–H and O–H groups in total. The summed E-state index contributed by atoms with van der Waals surface area (Å²) < 4.78 is 0. The lowest BCUT2D eigenvalue weighted by atomic mass is 9.82. The van der Waals surface area contributed by atoms with Gasteiger partial charge in [0.05, 0.1) is 4.99 Å². The van der Waals surface area contributed by atoms with Crippen LogP contribution in [0.15, 0.2) is 30.3 Å². The van der Waals surface area contributed by atoms with Crippen molar-refractivity contribution in [2.24, 2.45) is 11.3 Å². The molecule has 1 aromatic rings. The fraction of sp³-hybridized carbons (Fsp3) is 0.588. The normalized spacial score (nSPS) is 11.7. The molecule has 0 bridgehead atoms. The summed E-state index contributed by atoms with van der Waals surface area (Å²) in [6.45, 7) is 10.0. The van der Waals surface area contributed by atoms with Gasteiger partial charge in [-0.15, -0.1) is 0 Å². The van der Waals surface area contributed by atoms with Gasteiger partial charge in [0.25, 0.3) is 0 Å². The van der Waals surface area contributed by atoms with Crippen molar-refractivity contribution in [1.29, 1.82) is 0 Å². The molecule has 0 aliphatic heterocycles. The van der Waals surface area contributed by atoms with Crippen LogP contribution in [0.2, 0.25) is 0 Å². The van der Waals surface area contributed by atoms with E-state index in [1.54, 1.807) is 0 Å². The van der Waals surface area contributed by atoms with Crippen LogP contribution in [0.3, 0.4) is 0 Å². The molecule has 1 nitrogen and oxygen atoms in total. The summed E-state index contributed by atoms with van der Waals surface area (Å²) in [5, 5.41) is 0. The van der Waals surface area contributed by atoms with Gasteiger partial charge in [0, 0.05) is 19.5 Å². The number of hydrogen-bond donors (Lipinski definition) is 0. The molecule has 1 rings (SSSR count). The van der Waals surface area contributed by atoms with Crippen molar-refractivity contribution >= 4 is 17.2 Å². The molecule has 0 aromatic heterocycles. The second kappa shape index (κ2) is 7.04. The standard InChI is InChI=1S/C17H27NS/c1-14(2)16(19)18(5)12-11-17(3,4)13-15-9-7-6-8-10-15/h6-10,14H,11-13H2,1-5H3. The van der Waals surface area contributed by atoms with Crippen molar-refractivity contribution < 1.29 is 0 Å². The van der Waals surface area contributed by atoms with Crippen LogP contribution >= 0.6 is 12.2 Å². The Balaban J connectivity index is 2.49. The van der Waals surface area contributed by atoms with Crippen LogP contribution in [0.4, 0.5) is 0 Å². The number of nitrogens with zero attached hydrogens (tertiary/aromatic N) is 1. The van der Waals surface area contributed by atoms with Gasteiger partial charge in [-0.2, -0.15) is 0 Å². The van der Waals surface area contributed by atoms with E-state index in [2.05, 4.69) is 70.0 Å². The van der Waals surface area contributed by atoms with Gasteiger partial charge in [0.1, 0.15) is 0 Å². The molecule has 0 radical (unpaired) electrons. The van der Waals surface area contributed by atoms with Crippen molar-refractivity contribution in [3.05, 3.63) is 35.9 Å². The maximum absolute atomic E-state index is 5.44. The van der Waals surface area contributed by atoms with E-state index in [1.165, 1.54) is 5.56 Å². The predicted octanol–water partition coefficient (Wildman–Crippen LogP) is 4.56. The third-order valence-electron chi connectivity index (χ3n) is 3.52. The van der Waals surface area contributed by atoms with Crippen LogP contribution < -0.4 is 0 Å². The second-order valence-electron chi connectivity index (χ2n) is 6.49. The van der Waals surface area contributed by atoms with Crippen LogP contribution in [-0.4, -0.2) is 23.5 Å². The van der Waals surface area contributed by atoms with Crippen molar-refractivity contribution in [3.63, 3.8) is 0 Å². The van der Waals surface area contributed by atoms with E-state index in [-0.39, 0.29) is 0 Å². The van der Waals surface area contributed by atoms with Crippen molar-refractivity contribution in [1.82, 2.24) is 4.90 Å². The van der Waals surface area contributed by atoms with Gasteiger partial charge in [0.15, 0.2) is 0 Å². The Hall–Kier alpha value is -0.890. The first-order valence-electron chi connectivity index (χ1n) is 7.11. The van der Waals surface area contributed by atoms with E-state index >= 15 is 0 Å². The van der Waals surface area contributed by atoms with Gasteiger partial charge in [0.2, 0.25) is 0 Å². The van der Waals surface area contributed by atoms with Crippen LogP contribution in [-0.2, 0) is 6.42 Å². The van der Waals surface area contributed by atoms with Crippen molar-refractivity contribution in [2.45, 2.75) is 40.5 Å². The fourth-order valence-electron chi connectivity index (χ4n) is 2.26. The molecule has 0 atom stereocenters. The minimum atomic E-state index is 0.308. The maximum atomic E-state index is 5.44. The Morgan fingerprint density at radius 2 is 1.79 bits per heavy atom. The Kier molecular flexibility index (Phi) is 5.99. The Bertz CT molecular complexity index is 395. The molecule has 0 spiro atoms. The molecule has 19 heavy (non-hydrogen) atoms. The molecular weight excluding hydrogens is 250 g/mol. The van der Waals surface area contributed by atoms with Crippen LogP contribution in [0.1, 0.15) is 39.7 Å². The molecule has 0 heterocycles. The topological polar surface area (TPSA) is 3.24 Å². The van der Waals surface area contributed by atoms with E-state index in [9.17, 15) is 0 Å². The largest absolute Gasteiger partial charge is 0.369 e. The molecule has 0 unspecified atom stereocenters. The summed E-state index contributed by atoms with van der Waals surface area (Å²) >= 11 is 5.44. The molecular formula is C17H27NS. The molecule has 0 saturated heterocycles. The van der Waals surface area contributed by atoms with E-state index in [0.29, 0.717) is 11.3 Å². The van der Waals surface area contributed by atoms with Gasteiger partial charge in [-0.25, -0.2) is 0 Å². The molecule has 0 saturated carbocycles. The Morgan fingerprint density at radius 3 is 2.32 bits per heavy atom. The van der Waals surface area contributed by atoms with Gasteiger partial charge < -0.3 is 4.90 Å². The highest BCUT2D eigenvalue weighted by molar-refractivity contribution is 7.80. The highest BCUT2D eigenvalue weighted by Crippen LogP contribution is 2.26. The first kappa shape index (κ1) is 16.2. The number of benzene rings is 1. The van der Waals surface area contributed by atoms with E-state index < -0.39 is 0 Å². The second-order valence-corrected chi connectivity index (χ2v) is 6.91. The zero-order valence-electron chi connectivity index (χ0n) is 12.9. The van der Waals surface area contributed by atoms with Gasteiger partial charge in [-0.05, 0) is 23.8 Å². The number of rotatable bonds is 6. The molecule has 0 aliphatic rings. The summed E-state index contributed by atoms with van der Waals surface area (Å²) in [6.07, 6.45) is 2.28. The quantitative estimate of drug-likeness (QED) is 0.701. The summed E-state index contributed by atoms with van der Waals surface area (Å²) in [6, 6.07) is 10.7. The van der Waals surface area contributed by atoms with Crippen molar-refractivity contribution in [3.8, 4) is 0 Å². The smallest absolute Gasteiger partial charge is 0.0802 e. The van der Waals surface area contributed by atoms with Crippen molar-refractivity contribution in [2.75, 3.05) is 13.6 Å². The lowest BCUT2D eigenvalue weighted by Crippen LogP contribution is -2.32. The average molecular weight is 277 g/mol.